The molecule has 0 aromatic rings. The molecule has 0 spiro atoms. The highest BCUT2D eigenvalue weighted by molar-refractivity contribution is 4.82. The van der Waals surface area contributed by atoms with Crippen molar-refractivity contribution in [3.63, 3.8) is 0 Å². The van der Waals surface area contributed by atoms with Crippen LogP contribution in [0.4, 0.5) is 0 Å². The SMILES string of the molecule is CC1(C)CCCN1.C[C@@H]1CCCCN1.C[C@@H]1CCCN1.C[C@@H]1CCNC1.C[C@H]1CCCNC1.[2H][C@@]1(C)CCCN1. The minimum atomic E-state index is -0.306. The van der Waals surface area contributed by atoms with E-state index >= 15 is 0 Å². The van der Waals surface area contributed by atoms with Gasteiger partial charge in [0.25, 0.3) is 0 Å². The molecule has 39 heavy (non-hydrogen) atoms. The van der Waals surface area contributed by atoms with E-state index in [2.05, 4.69) is 73.4 Å². The molecule has 6 fully saturated rings. The molecule has 6 heteroatoms. The van der Waals surface area contributed by atoms with Gasteiger partial charge in [0.05, 0.1) is 0 Å². The van der Waals surface area contributed by atoms with Gasteiger partial charge in [-0.1, -0.05) is 20.3 Å². The number of hydrogen-bond acceptors (Lipinski definition) is 6. The summed E-state index contributed by atoms with van der Waals surface area (Å²) in [5.41, 5.74) is 0.444. The summed E-state index contributed by atoms with van der Waals surface area (Å²) in [5.74, 6) is 1.86. The smallest absolute Gasteiger partial charge is 0.0462 e. The second-order valence-corrected chi connectivity index (χ2v) is 13.6. The molecule has 0 aromatic heterocycles. The van der Waals surface area contributed by atoms with Gasteiger partial charge in [0.2, 0.25) is 0 Å². The van der Waals surface area contributed by atoms with Crippen LogP contribution in [0.25, 0.3) is 0 Å². The fourth-order valence-electron chi connectivity index (χ4n) is 5.50. The lowest BCUT2D eigenvalue weighted by Gasteiger charge is -2.18. The van der Waals surface area contributed by atoms with Gasteiger partial charge in [-0.05, 0) is 169 Å². The number of hydrogen-bond donors (Lipinski definition) is 6. The molecule has 6 rings (SSSR count). The molecule has 6 aliphatic heterocycles. The van der Waals surface area contributed by atoms with Gasteiger partial charge in [0, 0.05) is 25.0 Å². The van der Waals surface area contributed by atoms with E-state index in [4.69, 9.17) is 1.37 Å². The molecule has 0 radical (unpaired) electrons. The van der Waals surface area contributed by atoms with Crippen molar-refractivity contribution >= 4 is 0 Å². The van der Waals surface area contributed by atoms with Gasteiger partial charge >= 0.3 is 0 Å². The van der Waals surface area contributed by atoms with Crippen molar-refractivity contribution in [2.75, 3.05) is 52.4 Å². The van der Waals surface area contributed by atoms with Crippen LogP contribution < -0.4 is 31.9 Å². The molecule has 234 valence electrons. The van der Waals surface area contributed by atoms with E-state index in [9.17, 15) is 0 Å². The summed E-state index contributed by atoms with van der Waals surface area (Å²) in [6, 6.07) is 1.28. The van der Waals surface area contributed by atoms with Crippen LogP contribution in [-0.4, -0.2) is 76.0 Å². The van der Waals surface area contributed by atoms with Crippen LogP contribution in [0.5, 0.6) is 0 Å². The van der Waals surface area contributed by atoms with Crippen molar-refractivity contribution in [2.45, 2.75) is 149 Å². The third-order valence-corrected chi connectivity index (χ3v) is 8.45. The van der Waals surface area contributed by atoms with Crippen LogP contribution in [0.2, 0.25) is 0 Å². The van der Waals surface area contributed by atoms with Gasteiger partial charge < -0.3 is 31.9 Å². The number of piperidine rings is 2. The Kier molecular flexibility index (Phi) is 20.9. The van der Waals surface area contributed by atoms with E-state index in [0.29, 0.717) is 5.54 Å². The molecule has 0 aromatic carbocycles. The van der Waals surface area contributed by atoms with Crippen molar-refractivity contribution in [3.8, 4) is 0 Å². The van der Waals surface area contributed by atoms with Gasteiger partial charge in [0.1, 0.15) is 0 Å². The minimum absolute atomic E-state index is 0.306. The van der Waals surface area contributed by atoms with E-state index in [0.717, 1.165) is 36.9 Å². The van der Waals surface area contributed by atoms with Crippen LogP contribution in [0, 0.1) is 11.8 Å². The highest BCUT2D eigenvalue weighted by Gasteiger charge is 2.20. The first-order valence-corrected chi connectivity index (χ1v) is 16.9. The summed E-state index contributed by atoms with van der Waals surface area (Å²) >= 11 is 0. The van der Waals surface area contributed by atoms with Crippen LogP contribution in [0.15, 0.2) is 0 Å². The van der Waals surface area contributed by atoms with E-state index < -0.39 is 0 Å². The summed E-state index contributed by atoms with van der Waals surface area (Å²) in [4.78, 5) is 0. The lowest BCUT2D eigenvalue weighted by molar-refractivity contribution is 0.405. The summed E-state index contributed by atoms with van der Waals surface area (Å²) in [6.07, 6.45) is 16.0. The third-order valence-electron chi connectivity index (χ3n) is 8.45. The fourth-order valence-corrected chi connectivity index (χ4v) is 5.50. The Bertz CT molecular complexity index is 497. The Morgan fingerprint density at radius 2 is 1.10 bits per heavy atom. The molecule has 6 aliphatic rings. The largest absolute Gasteiger partial charge is 0.316 e. The molecule has 0 bridgehead atoms. The topological polar surface area (TPSA) is 72.2 Å². The second kappa shape index (κ2) is 23.3. The Hall–Kier alpha value is -0.240. The Morgan fingerprint density at radius 3 is 1.31 bits per heavy atom. The van der Waals surface area contributed by atoms with Gasteiger partial charge in [0.15, 0.2) is 0 Å². The molecule has 6 nitrogen and oxygen atoms in total. The predicted octanol–water partition coefficient (Wildman–Crippen LogP) is 5.44. The summed E-state index contributed by atoms with van der Waals surface area (Å²) in [5, 5.41) is 19.8. The molecule has 0 saturated carbocycles. The molecule has 5 atom stereocenters. The summed E-state index contributed by atoms with van der Waals surface area (Å²) < 4.78 is 7.38. The zero-order chi connectivity index (χ0) is 29.7. The normalized spacial score (nSPS) is 35.1. The maximum Gasteiger partial charge on any atom is 0.0462 e. The van der Waals surface area contributed by atoms with E-state index in [1.54, 1.807) is 0 Å². The van der Waals surface area contributed by atoms with Crippen LogP contribution in [-0.2, 0) is 0 Å². The van der Waals surface area contributed by atoms with Crippen molar-refractivity contribution in [2.24, 2.45) is 11.8 Å². The van der Waals surface area contributed by atoms with Crippen molar-refractivity contribution < 1.29 is 1.37 Å². The molecule has 6 N–H and O–H groups in total. The van der Waals surface area contributed by atoms with Crippen LogP contribution in [0.3, 0.4) is 0 Å². The maximum atomic E-state index is 7.38. The quantitative estimate of drug-likeness (QED) is 0.240. The summed E-state index contributed by atoms with van der Waals surface area (Å²) in [7, 11) is 0. The first-order valence-electron chi connectivity index (χ1n) is 17.4. The average molecular weight is 554 g/mol. The van der Waals surface area contributed by atoms with Gasteiger partial charge in [-0.3, -0.25) is 0 Å². The zero-order valence-electron chi connectivity index (χ0n) is 28.5. The molecule has 6 saturated heterocycles. The van der Waals surface area contributed by atoms with E-state index in [1.807, 2.05) is 6.92 Å². The zero-order valence-corrected chi connectivity index (χ0v) is 27.5. The highest BCUT2D eigenvalue weighted by Crippen LogP contribution is 2.16. The van der Waals surface area contributed by atoms with Gasteiger partial charge in [-0.2, -0.15) is 0 Å². The fraction of sp³-hybridized carbons (Fsp3) is 1.00. The monoisotopic (exact) mass is 554 g/mol. The lowest BCUT2D eigenvalue weighted by Crippen LogP contribution is -2.31. The molecule has 0 amide bonds. The second-order valence-electron chi connectivity index (χ2n) is 13.6. The van der Waals surface area contributed by atoms with Crippen molar-refractivity contribution in [1.29, 1.82) is 0 Å². The summed E-state index contributed by atoms with van der Waals surface area (Å²) in [6.45, 7) is 25.1. The Morgan fingerprint density at radius 1 is 0.538 bits per heavy atom. The van der Waals surface area contributed by atoms with Crippen LogP contribution in [0.1, 0.15) is 127 Å². The molecular weight excluding hydrogens is 480 g/mol. The first-order chi connectivity index (χ1) is 19.0. The van der Waals surface area contributed by atoms with Crippen LogP contribution >= 0.6 is 0 Å². The lowest BCUT2D eigenvalue weighted by atomic mass is 10.0. The van der Waals surface area contributed by atoms with E-state index in [1.165, 1.54) is 116 Å². The third kappa shape index (κ3) is 23.1. The number of nitrogens with one attached hydrogen (secondary N) is 6. The van der Waals surface area contributed by atoms with Gasteiger partial charge in [-0.25, -0.2) is 0 Å². The maximum absolute atomic E-state index is 7.38. The van der Waals surface area contributed by atoms with Crippen molar-refractivity contribution in [1.82, 2.24) is 31.9 Å². The molecular formula is C33H72N6. The molecule has 0 unspecified atom stereocenters. The van der Waals surface area contributed by atoms with Crippen molar-refractivity contribution in [3.05, 3.63) is 0 Å². The molecule has 6 heterocycles. The van der Waals surface area contributed by atoms with Gasteiger partial charge in [-0.15, -0.1) is 0 Å². The first kappa shape index (κ1) is 35.0. The highest BCUT2D eigenvalue weighted by atomic mass is 15.0. The predicted molar refractivity (Wildman–Crippen MR) is 174 cm³/mol. The Labute approximate surface area is 246 Å². The minimum Gasteiger partial charge on any atom is -0.316 e. The standard InChI is InChI=1S/3C6H13N.3C5H11N/c1-6(2)4-3-5-7-6;1-6-3-2-4-7-5-6;1-6-4-2-3-5-7-6;1-5-2-3-6-4-5;2*1-5-3-2-4-6-5/h7H,3-5H2,1-2H3;2*6-7H,2-5H2,1H3;3*5-6H,2-4H2,1H3/t;2*6-;3*5-/m.01111/s1/i;;;;5D;. The average Bonchev–Trinajstić information content (AvgIpc) is 3.74. The Balaban J connectivity index is 0.000000240. The number of rotatable bonds is 0. The van der Waals surface area contributed by atoms with E-state index in [-0.39, 0.29) is 6.02 Å². The molecule has 0 aliphatic carbocycles.